The molecule has 0 saturated carbocycles. The minimum Gasteiger partial charge on any atom is -0.508 e. The van der Waals surface area contributed by atoms with Gasteiger partial charge < -0.3 is 25.0 Å². The molecule has 0 aliphatic rings. The van der Waals surface area contributed by atoms with Crippen molar-refractivity contribution in [2.45, 2.75) is 12.5 Å². The summed E-state index contributed by atoms with van der Waals surface area (Å²) < 4.78 is 9.44. The van der Waals surface area contributed by atoms with E-state index in [2.05, 4.69) is 10.1 Å². The van der Waals surface area contributed by atoms with Crippen molar-refractivity contribution in [1.82, 2.24) is 0 Å². The van der Waals surface area contributed by atoms with Crippen LogP contribution in [0.4, 0.5) is 5.69 Å². The second kappa shape index (κ2) is 8.05. The van der Waals surface area contributed by atoms with Crippen LogP contribution in [0.5, 0.6) is 11.5 Å². The van der Waals surface area contributed by atoms with Crippen LogP contribution in [0, 0.1) is 0 Å². The molecule has 0 aliphatic carbocycles. The van der Waals surface area contributed by atoms with Gasteiger partial charge in [0, 0.05) is 6.42 Å². The predicted molar refractivity (Wildman–Crippen MR) is 90.7 cm³/mol. The van der Waals surface area contributed by atoms with Gasteiger partial charge in [-0.1, -0.05) is 12.1 Å². The number of phenolic OH excluding ortho intramolecular Hbond substituents is 2. The standard InChI is InChI=1S/C18H19NO6/c1-24-17(22)12-5-8-16(21)14(10-12)19-15(18(23)25-2)9-11-3-6-13(20)7-4-11/h3-8,10,15,19-21H,9H2,1-2H3/t15-/m0/s1. The average Bonchev–Trinajstić information content (AvgIpc) is 2.63. The predicted octanol–water partition coefficient (Wildman–Crippen LogP) is 2.08. The molecule has 0 aromatic heterocycles. The van der Waals surface area contributed by atoms with Gasteiger partial charge in [0.25, 0.3) is 0 Å². The minimum absolute atomic E-state index is 0.118. The number of aromatic hydroxyl groups is 2. The number of anilines is 1. The van der Waals surface area contributed by atoms with Crippen molar-refractivity contribution < 1.29 is 29.3 Å². The number of benzene rings is 2. The number of nitrogens with one attached hydrogen (secondary N) is 1. The minimum atomic E-state index is -0.798. The van der Waals surface area contributed by atoms with Crippen molar-refractivity contribution in [3.8, 4) is 11.5 Å². The summed E-state index contributed by atoms with van der Waals surface area (Å²) >= 11 is 0. The molecule has 0 bridgehead atoms. The van der Waals surface area contributed by atoms with Crippen LogP contribution in [-0.4, -0.2) is 42.4 Å². The molecule has 0 heterocycles. The van der Waals surface area contributed by atoms with Gasteiger partial charge in [0.1, 0.15) is 17.5 Å². The molecule has 25 heavy (non-hydrogen) atoms. The number of ether oxygens (including phenoxy) is 2. The third-order valence-corrected chi connectivity index (χ3v) is 3.61. The van der Waals surface area contributed by atoms with E-state index in [0.29, 0.717) is 0 Å². The Morgan fingerprint density at radius 3 is 2.32 bits per heavy atom. The van der Waals surface area contributed by atoms with Crippen molar-refractivity contribution in [3.63, 3.8) is 0 Å². The number of carbonyl (C=O) groups is 2. The Labute approximate surface area is 144 Å². The largest absolute Gasteiger partial charge is 0.508 e. The van der Waals surface area contributed by atoms with E-state index >= 15 is 0 Å². The van der Waals surface area contributed by atoms with Crippen LogP contribution in [0.1, 0.15) is 15.9 Å². The summed E-state index contributed by atoms with van der Waals surface area (Å²) in [5.74, 6) is -1.09. The van der Waals surface area contributed by atoms with Crippen LogP contribution >= 0.6 is 0 Å². The van der Waals surface area contributed by atoms with E-state index in [9.17, 15) is 19.8 Å². The highest BCUT2D eigenvalue weighted by Gasteiger charge is 2.21. The lowest BCUT2D eigenvalue weighted by Gasteiger charge is -2.19. The van der Waals surface area contributed by atoms with E-state index in [4.69, 9.17) is 4.74 Å². The Bertz CT molecular complexity index is 757. The van der Waals surface area contributed by atoms with Crippen LogP contribution in [0.2, 0.25) is 0 Å². The quantitative estimate of drug-likeness (QED) is 0.544. The van der Waals surface area contributed by atoms with Crippen LogP contribution in [0.25, 0.3) is 0 Å². The van der Waals surface area contributed by atoms with Gasteiger partial charge in [0.05, 0.1) is 25.5 Å². The fraction of sp³-hybridized carbons (Fsp3) is 0.222. The molecule has 1 atom stereocenters. The monoisotopic (exact) mass is 345 g/mol. The van der Waals surface area contributed by atoms with E-state index in [-0.39, 0.29) is 29.2 Å². The molecule has 2 rings (SSSR count). The third-order valence-electron chi connectivity index (χ3n) is 3.61. The normalized spacial score (nSPS) is 11.4. The highest BCUT2D eigenvalue weighted by molar-refractivity contribution is 5.91. The van der Waals surface area contributed by atoms with Crippen LogP contribution in [-0.2, 0) is 20.7 Å². The first-order valence-electron chi connectivity index (χ1n) is 7.48. The molecule has 0 saturated heterocycles. The van der Waals surface area contributed by atoms with E-state index in [1.54, 1.807) is 12.1 Å². The van der Waals surface area contributed by atoms with Crippen molar-refractivity contribution >= 4 is 17.6 Å². The smallest absolute Gasteiger partial charge is 0.337 e. The summed E-state index contributed by atoms with van der Waals surface area (Å²) in [6.07, 6.45) is 0.259. The maximum Gasteiger partial charge on any atom is 0.337 e. The Kier molecular flexibility index (Phi) is 5.84. The maximum absolute atomic E-state index is 12.1. The highest BCUT2D eigenvalue weighted by atomic mass is 16.5. The first-order valence-corrected chi connectivity index (χ1v) is 7.48. The van der Waals surface area contributed by atoms with Crippen molar-refractivity contribution in [2.75, 3.05) is 19.5 Å². The number of methoxy groups -OCH3 is 2. The van der Waals surface area contributed by atoms with Gasteiger partial charge in [0.15, 0.2) is 0 Å². The Morgan fingerprint density at radius 2 is 1.72 bits per heavy atom. The Balaban J connectivity index is 2.26. The van der Waals surface area contributed by atoms with Gasteiger partial charge in [-0.3, -0.25) is 0 Å². The molecule has 7 nitrogen and oxygen atoms in total. The van der Waals surface area contributed by atoms with E-state index < -0.39 is 18.0 Å². The molecule has 0 amide bonds. The molecule has 132 valence electrons. The van der Waals surface area contributed by atoms with Crippen LogP contribution in [0.3, 0.4) is 0 Å². The molecule has 3 N–H and O–H groups in total. The lowest BCUT2D eigenvalue weighted by Crippen LogP contribution is -2.33. The second-order valence-electron chi connectivity index (χ2n) is 5.31. The van der Waals surface area contributed by atoms with E-state index in [0.717, 1.165) is 5.56 Å². The molecule has 0 aliphatic heterocycles. The number of hydrogen-bond donors (Lipinski definition) is 3. The first-order chi connectivity index (χ1) is 11.9. The number of phenols is 2. The summed E-state index contributed by atoms with van der Waals surface area (Å²) in [6.45, 7) is 0. The van der Waals surface area contributed by atoms with Gasteiger partial charge in [-0.05, 0) is 35.9 Å². The van der Waals surface area contributed by atoms with Gasteiger partial charge in [0.2, 0.25) is 0 Å². The zero-order valence-corrected chi connectivity index (χ0v) is 13.9. The summed E-state index contributed by atoms with van der Waals surface area (Å²) in [4.78, 5) is 23.7. The number of rotatable bonds is 6. The molecule has 0 unspecified atom stereocenters. The zero-order chi connectivity index (χ0) is 18.4. The summed E-state index contributed by atoms with van der Waals surface area (Å²) in [6, 6.07) is 9.73. The highest BCUT2D eigenvalue weighted by Crippen LogP contribution is 2.26. The fourth-order valence-corrected chi connectivity index (χ4v) is 2.29. The van der Waals surface area contributed by atoms with Crippen molar-refractivity contribution in [3.05, 3.63) is 53.6 Å². The number of esters is 2. The lowest BCUT2D eigenvalue weighted by molar-refractivity contribution is -0.141. The molecule has 7 heteroatoms. The molecule has 0 spiro atoms. The second-order valence-corrected chi connectivity index (χ2v) is 5.31. The Morgan fingerprint density at radius 1 is 1.04 bits per heavy atom. The fourth-order valence-electron chi connectivity index (χ4n) is 2.29. The van der Waals surface area contributed by atoms with Gasteiger partial charge >= 0.3 is 11.9 Å². The average molecular weight is 345 g/mol. The molecule has 0 radical (unpaired) electrons. The van der Waals surface area contributed by atoms with Crippen LogP contribution in [0.15, 0.2) is 42.5 Å². The lowest BCUT2D eigenvalue weighted by atomic mass is 10.0. The molecule has 2 aromatic carbocycles. The Hall–Kier alpha value is -3.22. The van der Waals surface area contributed by atoms with Crippen LogP contribution < -0.4 is 5.32 Å². The first kappa shape index (κ1) is 18.1. The topological polar surface area (TPSA) is 105 Å². The van der Waals surface area contributed by atoms with Gasteiger partial charge in [-0.25, -0.2) is 9.59 Å². The molecular formula is C18H19NO6. The molecular weight excluding hydrogens is 326 g/mol. The molecule has 2 aromatic rings. The molecule has 0 fully saturated rings. The van der Waals surface area contributed by atoms with Gasteiger partial charge in [-0.2, -0.15) is 0 Å². The SMILES string of the molecule is COC(=O)c1ccc(O)c(N[C@@H](Cc2ccc(O)cc2)C(=O)OC)c1. The summed E-state index contributed by atoms with van der Waals surface area (Å²) in [5.41, 5.74) is 1.22. The zero-order valence-electron chi connectivity index (χ0n) is 13.9. The summed E-state index contributed by atoms with van der Waals surface area (Å²) in [5, 5.41) is 22.2. The summed E-state index contributed by atoms with van der Waals surface area (Å²) in [7, 11) is 2.52. The van der Waals surface area contributed by atoms with Crippen molar-refractivity contribution in [2.24, 2.45) is 0 Å². The van der Waals surface area contributed by atoms with E-state index in [1.807, 2.05) is 0 Å². The van der Waals surface area contributed by atoms with Crippen molar-refractivity contribution in [1.29, 1.82) is 0 Å². The number of carbonyl (C=O) groups excluding carboxylic acids is 2. The van der Waals surface area contributed by atoms with Gasteiger partial charge in [-0.15, -0.1) is 0 Å². The van der Waals surface area contributed by atoms with E-state index in [1.165, 1.54) is 44.6 Å². The maximum atomic E-state index is 12.1. The number of hydrogen-bond acceptors (Lipinski definition) is 7. The third kappa shape index (κ3) is 4.63.